The number of aromatic nitrogens is 4. The molecule has 0 unspecified atom stereocenters. The van der Waals surface area contributed by atoms with Crippen LogP contribution < -0.4 is 10.6 Å². The molecule has 0 atom stereocenters. The number of nitrogens with one attached hydrogen (secondary N) is 3. The number of hydrogen-bond donors (Lipinski definition) is 3. The molecule has 0 saturated carbocycles. The highest BCUT2D eigenvalue weighted by atomic mass is 35.5. The second kappa shape index (κ2) is 9.21. The molecule has 0 saturated heterocycles. The number of aryl methyl sites for hydroxylation is 1. The van der Waals surface area contributed by atoms with Gasteiger partial charge in [0.05, 0.1) is 12.4 Å². The van der Waals surface area contributed by atoms with Crippen molar-refractivity contribution in [1.82, 2.24) is 20.2 Å². The van der Waals surface area contributed by atoms with Gasteiger partial charge in [-0.3, -0.25) is 5.10 Å². The summed E-state index contributed by atoms with van der Waals surface area (Å²) in [6, 6.07) is 10.1. The first-order valence-electron chi connectivity index (χ1n) is 8.74. The summed E-state index contributed by atoms with van der Waals surface area (Å²) in [6.07, 6.45) is 0. The Morgan fingerprint density at radius 1 is 1.14 bits per heavy atom. The van der Waals surface area contributed by atoms with Crippen molar-refractivity contribution in [1.29, 1.82) is 0 Å². The van der Waals surface area contributed by atoms with Gasteiger partial charge in [0, 0.05) is 36.5 Å². The molecule has 3 N–H and O–H groups in total. The van der Waals surface area contributed by atoms with Crippen LogP contribution in [0.1, 0.15) is 11.3 Å². The molecule has 9 nitrogen and oxygen atoms in total. The van der Waals surface area contributed by atoms with E-state index < -0.39 is 9.84 Å². The Balaban J connectivity index is 1.92. The van der Waals surface area contributed by atoms with Crippen LogP contribution in [0.5, 0.6) is 0 Å². The fraction of sp³-hybridized carbons (Fsp3) is 0.278. The van der Waals surface area contributed by atoms with E-state index in [1.54, 1.807) is 43.5 Å². The van der Waals surface area contributed by atoms with Crippen molar-refractivity contribution < 1.29 is 13.2 Å². The van der Waals surface area contributed by atoms with E-state index in [1.807, 2.05) is 6.92 Å². The average molecular weight is 437 g/mol. The lowest BCUT2D eigenvalue weighted by Gasteiger charge is -2.11. The topological polar surface area (TPSA) is 122 Å². The van der Waals surface area contributed by atoms with Crippen molar-refractivity contribution in [2.24, 2.45) is 0 Å². The Hall–Kier alpha value is -2.69. The van der Waals surface area contributed by atoms with E-state index in [0.717, 1.165) is 5.69 Å². The summed E-state index contributed by atoms with van der Waals surface area (Å²) in [6.45, 7) is 2.76. The predicted octanol–water partition coefficient (Wildman–Crippen LogP) is 2.94. The van der Waals surface area contributed by atoms with E-state index in [4.69, 9.17) is 16.3 Å². The first-order valence-corrected chi connectivity index (χ1v) is 10.8. The molecule has 154 valence electrons. The molecule has 29 heavy (non-hydrogen) atoms. The van der Waals surface area contributed by atoms with Crippen LogP contribution in [-0.4, -0.2) is 48.8 Å². The lowest BCUT2D eigenvalue weighted by molar-refractivity contribution is 0.210. The van der Waals surface area contributed by atoms with Crippen molar-refractivity contribution in [2.75, 3.05) is 30.9 Å². The number of sulfone groups is 1. The Labute approximate surface area is 173 Å². The van der Waals surface area contributed by atoms with Crippen LogP contribution in [0, 0.1) is 6.92 Å². The molecule has 0 radical (unpaired) electrons. The molecule has 2 aromatic heterocycles. The maximum atomic E-state index is 12.9. The van der Waals surface area contributed by atoms with Gasteiger partial charge in [0.1, 0.15) is 11.6 Å². The number of nitrogens with zero attached hydrogens (tertiary/aromatic N) is 3. The van der Waals surface area contributed by atoms with Crippen molar-refractivity contribution in [3.8, 4) is 0 Å². The second-order valence-electron chi connectivity index (χ2n) is 6.29. The van der Waals surface area contributed by atoms with Crippen LogP contribution in [0.4, 0.5) is 17.5 Å². The van der Waals surface area contributed by atoms with Crippen molar-refractivity contribution in [2.45, 2.75) is 17.8 Å². The van der Waals surface area contributed by atoms with E-state index >= 15 is 0 Å². The summed E-state index contributed by atoms with van der Waals surface area (Å²) in [4.78, 5) is 8.36. The minimum Gasteiger partial charge on any atom is -0.383 e. The largest absolute Gasteiger partial charge is 0.383 e. The standard InChI is InChI=1S/C18H21ClN6O3S/c1-12-8-17(25-24-12)21-16-10-15(20-6-7-28-2)22-18(23-16)29(26,27)11-13-4-3-5-14(19)9-13/h3-5,8-10H,6-7,11H2,1-2H3,(H3,20,21,22,23,24,25). The van der Waals surface area contributed by atoms with Crippen LogP contribution in [0.3, 0.4) is 0 Å². The van der Waals surface area contributed by atoms with E-state index in [2.05, 4.69) is 30.8 Å². The normalized spacial score (nSPS) is 11.4. The molecule has 0 aliphatic heterocycles. The van der Waals surface area contributed by atoms with Gasteiger partial charge in [0.25, 0.3) is 5.16 Å². The van der Waals surface area contributed by atoms with Gasteiger partial charge in [0.15, 0.2) is 5.82 Å². The maximum Gasteiger partial charge on any atom is 0.251 e. The molecule has 1 aromatic carbocycles. The number of anilines is 3. The minimum atomic E-state index is -3.81. The summed E-state index contributed by atoms with van der Waals surface area (Å²) >= 11 is 5.97. The molecule has 3 aromatic rings. The van der Waals surface area contributed by atoms with Gasteiger partial charge in [0.2, 0.25) is 9.84 Å². The zero-order valence-electron chi connectivity index (χ0n) is 15.9. The lowest BCUT2D eigenvalue weighted by Crippen LogP contribution is -2.15. The Kier molecular flexibility index (Phi) is 6.68. The number of hydrogen-bond acceptors (Lipinski definition) is 8. The smallest absolute Gasteiger partial charge is 0.251 e. The third kappa shape index (κ3) is 5.89. The zero-order chi connectivity index (χ0) is 20.9. The van der Waals surface area contributed by atoms with Gasteiger partial charge in [-0.15, -0.1) is 0 Å². The van der Waals surface area contributed by atoms with Gasteiger partial charge in [-0.25, -0.2) is 18.4 Å². The fourth-order valence-corrected chi connectivity index (χ4v) is 3.96. The van der Waals surface area contributed by atoms with Crippen molar-refractivity contribution in [3.63, 3.8) is 0 Å². The molecule has 2 heterocycles. The summed E-state index contributed by atoms with van der Waals surface area (Å²) in [5.74, 6) is 0.908. The first-order chi connectivity index (χ1) is 13.9. The monoisotopic (exact) mass is 436 g/mol. The molecule has 0 aliphatic carbocycles. The number of methoxy groups -OCH3 is 1. The molecule has 0 fully saturated rings. The molecule has 0 amide bonds. The molecular formula is C18H21ClN6O3S. The predicted molar refractivity (Wildman–Crippen MR) is 111 cm³/mol. The van der Waals surface area contributed by atoms with Crippen molar-refractivity contribution in [3.05, 3.63) is 52.7 Å². The number of benzene rings is 1. The molecule has 0 bridgehead atoms. The van der Waals surface area contributed by atoms with Crippen LogP contribution in [-0.2, 0) is 20.3 Å². The third-order valence-corrected chi connectivity index (χ3v) is 5.49. The summed E-state index contributed by atoms with van der Waals surface area (Å²) in [5.41, 5.74) is 1.41. The van der Waals surface area contributed by atoms with E-state index in [0.29, 0.717) is 41.2 Å². The van der Waals surface area contributed by atoms with Crippen LogP contribution in [0.15, 0.2) is 41.6 Å². The Morgan fingerprint density at radius 3 is 2.62 bits per heavy atom. The van der Waals surface area contributed by atoms with Gasteiger partial charge in [-0.1, -0.05) is 23.7 Å². The highest BCUT2D eigenvalue weighted by Crippen LogP contribution is 2.22. The Bertz CT molecular complexity index is 1090. The third-order valence-electron chi connectivity index (χ3n) is 3.80. The van der Waals surface area contributed by atoms with Crippen molar-refractivity contribution >= 4 is 38.9 Å². The summed E-state index contributed by atoms with van der Waals surface area (Å²) in [5, 5.41) is 13.1. The van der Waals surface area contributed by atoms with Gasteiger partial charge >= 0.3 is 0 Å². The number of H-pyrrole nitrogens is 1. The number of halogens is 1. The van der Waals surface area contributed by atoms with Crippen LogP contribution in [0.2, 0.25) is 5.02 Å². The first kappa shape index (κ1) is 21.0. The zero-order valence-corrected chi connectivity index (χ0v) is 17.5. The van der Waals surface area contributed by atoms with E-state index in [1.165, 1.54) is 0 Å². The fourth-order valence-electron chi connectivity index (χ4n) is 2.52. The van der Waals surface area contributed by atoms with Crippen LogP contribution >= 0.6 is 11.6 Å². The lowest BCUT2D eigenvalue weighted by atomic mass is 10.2. The second-order valence-corrected chi connectivity index (χ2v) is 8.61. The molecular weight excluding hydrogens is 416 g/mol. The van der Waals surface area contributed by atoms with Gasteiger partial charge < -0.3 is 15.4 Å². The van der Waals surface area contributed by atoms with Gasteiger partial charge in [-0.2, -0.15) is 5.10 Å². The quantitative estimate of drug-likeness (QED) is 0.345. The van der Waals surface area contributed by atoms with E-state index in [-0.39, 0.29) is 10.9 Å². The number of aromatic amines is 1. The highest BCUT2D eigenvalue weighted by Gasteiger charge is 2.21. The Morgan fingerprint density at radius 2 is 1.93 bits per heavy atom. The number of rotatable bonds is 9. The summed E-state index contributed by atoms with van der Waals surface area (Å²) < 4.78 is 30.9. The SMILES string of the molecule is COCCNc1cc(Nc2cc(C)[nH]n2)nc(S(=O)(=O)Cc2cccc(Cl)c2)n1. The average Bonchev–Trinajstić information content (AvgIpc) is 3.06. The minimum absolute atomic E-state index is 0.268. The molecule has 0 spiro atoms. The summed E-state index contributed by atoms with van der Waals surface area (Å²) in [7, 11) is -2.23. The number of ether oxygens (including phenoxy) is 1. The van der Waals surface area contributed by atoms with Gasteiger partial charge in [-0.05, 0) is 24.6 Å². The maximum absolute atomic E-state index is 12.9. The molecule has 11 heteroatoms. The molecule has 0 aliphatic rings. The van der Waals surface area contributed by atoms with E-state index in [9.17, 15) is 8.42 Å². The molecule has 3 rings (SSSR count). The van der Waals surface area contributed by atoms with Crippen LogP contribution in [0.25, 0.3) is 0 Å². The highest BCUT2D eigenvalue weighted by molar-refractivity contribution is 7.90.